The first kappa shape index (κ1) is 18.8. The monoisotopic (exact) mass is 427 g/mol. The summed E-state index contributed by atoms with van der Waals surface area (Å²) in [6, 6.07) is 15.4. The number of carbonyl (C=O) groups excluding carboxylic acids is 1. The first-order valence-electron chi connectivity index (χ1n) is 8.40. The Morgan fingerprint density at radius 2 is 2.04 bits per heavy atom. The molecule has 3 rings (SSSR count). The minimum atomic E-state index is -0.426. The molecule has 0 atom stereocenters. The lowest BCUT2D eigenvalue weighted by molar-refractivity contribution is -0.117. The first-order chi connectivity index (χ1) is 13.2. The highest BCUT2D eigenvalue weighted by Gasteiger charge is 2.14. The van der Waals surface area contributed by atoms with Crippen LogP contribution in [0.3, 0.4) is 0 Å². The van der Waals surface area contributed by atoms with E-state index in [2.05, 4.69) is 26.6 Å². The van der Waals surface area contributed by atoms with Gasteiger partial charge in [-0.25, -0.2) is 0 Å². The van der Waals surface area contributed by atoms with Crippen molar-refractivity contribution in [2.24, 2.45) is 0 Å². The number of hydrogen-bond donors (Lipinski definition) is 2. The van der Waals surface area contributed by atoms with Gasteiger partial charge >= 0.3 is 0 Å². The molecule has 0 aliphatic carbocycles. The molecule has 0 saturated heterocycles. The van der Waals surface area contributed by atoms with E-state index in [9.17, 15) is 10.1 Å². The van der Waals surface area contributed by atoms with Crippen molar-refractivity contribution in [1.29, 1.82) is 5.26 Å². The second kappa shape index (κ2) is 9.10. The lowest BCUT2D eigenvalue weighted by Gasteiger charge is -2.06. The fraction of sp³-hybridized carbons (Fsp3) is 0.200. The number of nitrogens with one attached hydrogen (secondary N) is 2. The smallest absolute Gasteiger partial charge is 0.263 e. The summed E-state index contributed by atoms with van der Waals surface area (Å²) in [5.74, 6) is 0.925. The van der Waals surface area contributed by atoms with Gasteiger partial charge < -0.3 is 20.1 Å². The molecule has 27 heavy (non-hydrogen) atoms. The molecule has 2 N–H and O–H groups in total. The first-order valence-corrected chi connectivity index (χ1v) is 9.20. The predicted molar refractivity (Wildman–Crippen MR) is 104 cm³/mol. The zero-order valence-electron chi connectivity index (χ0n) is 14.5. The molecule has 7 heteroatoms. The molecule has 0 unspecified atom stereocenters. The fourth-order valence-corrected chi connectivity index (χ4v) is 3.01. The van der Waals surface area contributed by atoms with Crippen LogP contribution in [0.25, 0.3) is 0 Å². The molecule has 0 spiro atoms. The maximum Gasteiger partial charge on any atom is 0.263 e. The second-order valence-electron chi connectivity index (χ2n) is 5.87. The Morgan fingerprint density at radius 1 is 1.19 bits per heavy atom. The van der Waals surface area contributed by atoms with E-state index < -0.39 is 5.91 Å². The number of nitrogens with zero attached hydrogens (tertiary/aromatic N) is 1. The summed E-state index contributed by atoms with van der Waals surface area (Å²) in [5, 5.41) is 15.0. The number of nitriles is 1. The van der Waals surface area contributed by atoms with Crippen molar-refractivity contribution in [3.05, 3.63) is 69.8 Å². The predicted octanol–water partition coefficient (Wildman–Crippen LogP) is 3.03. The minimum Gasteiger partial charge on any atom is -0.454 e. The van der Waals surface area contributed by atoms with Crippen molar-refractivity contribution in [2.45, 2.75) is 13.0 Å². The highest BCUT2D eigenvalue weighted by molar-refractivity contribution is 9.10. The van der Waals surface area contributed by atoms with Gasteiger partial charge in [-0.3, -0.25) is 4.79 Å². The van der Waals surface area contributed by atoms with Crippen molar-refractivity contribution < 1.29 is 14.3 Å². The number of rotatable bonds is 7. The zero-order chi connectivity index (χ0) is 19.1. The van der Waals surface area contributed by atoms with E-state index in [1.165, 1.54) is 6.20 Å². The molecule has 2 aromatic carbocycles. The van der Waals surface area contributed by atoms with Crippen molar-refractivity contribution in [2.75, 3.05) is 13.3 Å². The van der Waals surface area contributed by atoms with Crippen LogP contribution in [0.4, 0.5) is 0 Å². The third kappa shape index (κ3) is 5.25. The number of fused-ring (bicyclic) bond motifs is 1. The van der Waals surface area contributed by atoms with E-state index >= 15 is 0 Å². The number of amides is 1. The third-order valence-corrected chi connectivity index (χ3v) is 4.44. The van der Waals surface area contributed by atoms with Gasteiger partial charge in [0.05, 0.1) is 0 Å². The number of halogens is 1. The lowest BCUT2D eigenvalue weighted by Crippen LogP contribution is -2.25. The molecule has 6 nitrogen and oxygen atoms in total. The van der Waals surface area contributed by atoms with Crippen molar-refractivity contribution in [3.8, 4) is 17.6 Å². The van der Waals surface area contributed by atoms with Crippen molar-refractivity contribution in [3.63, 3.8) is 0 Å². The minimum absolute atomic E-state index is 0.0324. The van der Waals surface area contributed by atoms with Gasteiger partial charge in [-0.1, -0.05) is 34.1 Å². The van der Waals surface area contributed by atoms with Crippen LogP contribution in [-0.4, -0.2) is 19.2 Å². The molecule has 0 saturated carbocycles. The van der Waals surface area contributed by atoms with Crippen LogP contribution in [0.15, 0.2) is 58.7 Å². The number of hydrogen-bond acceptors (Lipinski definition) is 5. The molecule has 0 aromatic heterocycles. The summed E-state index contributed by atoms with van der Waals surface area (Å²) in [6.07, 6.45) is 2.24. The molecule has 1 amide bonds. The van der Waals surface area contributed by atoms with Crippen LogP contribution < -0.4 is 20.1 Å². The molecular weight excluding hydrogens is 410 g/mol. The van der Waals surface area contributed by atoms with Gasteiger partial charge in [-0.2, -0.15) is 5.26 Å². The van der Waals surface area contributed by atoms with E-state index in [1.54, 1.807) is 6.07 Å². The van der Waals surface area contributed by atoms with Gasteiger partial charge in [-0.05, 0) is 41.8 Å². The lowest BCUT2D eigenvalue weighted by atomic mass is 10.1. The number of carbonyl (C=O) groups is 1. The summed E-state index contributed by atoms with van der Waals surface area (Å²) < 4.78 is 11.6. The Bertz CT molecular complexity index is 906. The van der Waals surface area contributed by atoms with Gasteiger partial charge in [0.15, 0.2) is 11.5 Å². The Balaban J connectivity index is 1.48. The molecule has 2 aromatic rings. The SMILES string of the molecule is N#C/C(=C/NCCc1cccc(Br)c1)C(=O)NCc1ccc2c(c1)OCO2. The normalized spacial score (nSPS) is 12.4. The van der Waals surface area contributed by atoms with Crippen LogP contribution in [0.2, 0.25) is 0 Å². The molecule has 1 heterocycles. The standard InChI is InChI=1S/C20H18BrN3O3/c21-17-3-1-2-14(8-17)6-7-23-12-16(10-22)20(25)24-11-15-4-5-18-19(9-15)27-13-26-18/h1-5,8-9,12,23H,6-7,11,13H2,(H,24,25)/b16-12-. The van der Waals surface area contributed by atoms with Crippen molar-refractivity contribution in [1.82, 2.24) is 10.6 Å². The van der Waals surface area contributed by atoms with Crippen LogP contribution in [0.5, 0.6) is 11.5 Å². The van der Waals surface area contributed by atoms with E-state index in [4.69, 9.17) is 9.47 Å². The molecule has 1 aliphatic rings. The number of benzene rings is 2. The van der Waals surface area contributed by atoms with Gasteiger partial charge in [0.2, 0.25) is 6.79 Å². The Kier molecular flexibility index (Phi) is 6.34. The molecule has 0 radical (unpaired) electrons. The van der Waals surface area contributed by atoms with Crippen LogP contribution in [-0.2, 0) is 17.8 Å². The zero-order valence-corrected chi connectivity index (χ0v) is 16.1. The molecular formula is C20H18BrN3O3. The number of ether oxygens (including phenoxy) is 2. The van der Waals surface area contributed by atoms with Gasteiger partial charge in [0, 0.05) is 23.8 Å². The van der Waals surface area contributed by atoms with E-state index in [-0.39, 0.29) is 12.4 Å². The van der Waals surface area contributed by atoms with Crippen LogP contribution in [0, 0.1) is 11.3 Å². The maximum absolute atomic E-state index is 12.2. The summed E-state index contributed by atoms with van der Waals surface area (Å²) >= 11 is 3.43. The second-order valence-corrected chi connectivity index (χ2v) is 6.79. The van der Waals surface area contributed by atoms with Crippen LogP contribution >= 0.6 is 15.9 Å². The Hall–Kier alpha value is -2.98. The van der Waals surface area contributed by atoms with Gasteiger partial charge in [0.1, 0.15) is 11.6 Å². The topological polar surface area (TPSA) is 83.4 Å². The largest absolute Gasteiger partial charge is 0.454 e. The van der Waals surface area contributed by atoms with Crippen LogP contribution in [0.1, 0.15) is 11.1 Å². The average Bonchev–Trinajstić information content (AvgIpc) is 3.14. The molecule has 1 aliphatic heterocycles. The summed E-state index contributed by atoms with van der Waals surface area (Å²) in [4.78, 5) is 12.2. The van der Waals surface area contributed by atoms with E-state index in [0.29, 0.717) is 24.6 Å². The Morgan fingerprint density at radius 3 is 2.85 bits per heavy atom. The maximum atomic E-state index is 12.2. The average molecular weight is 428 g/mol. The molecule has 138 valence electrons. The van der Waals surface area contributed by atoms with E-state index in [1.807, 2.05) is 42.5 Å². The van der Waals surface area contributed by atoms with Crippen molar-refractivity contribution >= 4 is 21.8 Å². The molecule has 0 fully saturated rings. The van der Waals surface area contributed by atoms with Gasteiger partial charge in [-0.15, -0.1) is 0 Å². The third-order valence-electron chi connectivity index (χ3n) is 3.95. The van der Waals surface area contributed by atoms with E-state index in [0.717, 1.165) is 22.0 Å². The Labute approximate surface area is 165 Å². The quantitative estimate of drug-likeness (QED) is 0.403. The summed E-state index contributed by atoms with van der Waals surface area (Å²) in [6.45, 7) is 1.13. The highest BCUT2D eigenvalue weighted by Crippen LogP contribution is 2.32. The fourth-order valence-electron chi connectivity index (χ4n) is 2.56. The summed E-state index contributed by atoms with van der Waals surface area (Å²) in [5.41, 5.74) is 2.06. The summed E-state index contributed by atoms with van der Waals surface area (Å²) in [7, 11) is 0. The highest BCUT2D eigenvalue weighted by atomic mass is 79.9. The molecule has 0 bridgehead atoms. The van der Waals surface area contributed by atoms with Gasteiger partial charge in [0.25, 0.3) is 5.91 Å².